The second-order valence-corrected chi connectivity index (χ2v) is 4.69. The molecule has 3 rings (SSSR count). The van der Waals surface area contributed by atoms with Crippen LogP contribution in [0.4, 0.5) is 0 Å². The summed E-state index contributed by atoms with van der Waals surface area (Å²) in [5.41, 5.74) is 0. The third-order valence-electron chi connectivity index (χ3n) is 3.33. The van der Waals surface area contributed by atoms with Gasteiger partial charge in [0, 0.05) is 31.3 Å². The maximum atomic E-state index is 5.26. The average molecular weight is 232 g/mol. The third kappa shape index (κ3) is 2.38. The molecule has 1 aliphatic rings. The fraction of sp³-hybridized carbons (Fsp3) is 0.583. The van der Waals surface area contributed by atoms with E-state index in [0.717, 1.165) is 24.7 Å². The Morgan fingerprint density at radius 2 is 2.41 bits per heavy atom. The van der Waals surface area contributed by atoms with Gasteiger partial charge in [-0.15, -0.1) is 0 Å². The summed E-state index contributed by atoms with van der Waals surface area (Å²) in [6.07, 6.45) is 7.06. The first-order valence-electron chi connectivity index (χ1n) is 6.13. The first kappa shape index (κ1) is 10.5. The molecule has 0 radical (unpaired) electrons. The number of aromatic nitrogens is 4. The molecule has 0 aliphatic heterocycles. The summed E-state index contributed by atoms with van der Waals surface area (Å²) in [5, 5.41) is 8.20. The van der Waals surface area contributed by atoms with Gasteiger partial charge >= 0.3 is 0 Å². The van der Waals surface area contributed by atoms with Gasteiger partial charge < -0.3 is 4.52 Å². The molecule has 90 valence electrons. The number of hydrogen-bond donors (Lipinski definition) is 0. The van der Waals surface area contributed by atoms with Crippen molar-refractivity contribution in [1.82, 2.24) is 19.9 Å². The van der Waals surface area contributed by atoms with Gasteiger partial charge in [-0.2, -0.15) is 10.1 Å². The average Bonchev–Trinajstić information content (AvgIpc) is 2.88. The maximum Gasteiger partial charge on any atom is 0.228 e. The number of hydrogen-bond acceptors (Lipinski definition) is 4. The SMILES string of the molecule is CC(c1noc(CCn2cccn2)n1)C1CC1. The van der Waals surface area contributed by atoms with Crippen molar-refractivity contribution in [2.75, 3.05) is 0 Å². The molecule has 0 N–H and O–H groups in total. The van der Waals surface area contributed by atoms with Crippen LogP contribution in [-0.4, -0.2) is 19.9 Å². The minimum absolute atomic E-state index is 0.442. The monoisotopic (exact) mass is 232 g/mol. The van der Waals surface area contributed by atoms with Gasteiger partial charge in [-0.05, 0) is 24.8 Å². The fourth-order valence-electron chi connectivity index (χ4n) is 2.00. The minimum atomic E-state index is 0.442. The van der Waals surface area contributed by atoms with E-state index in [0.29, 0.717) is 11.8 Å². The van der Waals surface area contributed by atoms with E-state index >= 15 is 0 Å². The van der Waals surface area contributed by atoms with Gasteiger partial charge in [0.1, 0.15) is 0 Å². The Labute approximate surface area is 99.8 Å². The normalized spacial score (nSPS) is 17.2. The zero-order valence-corrected chi connectivity index (χ0v) is 9.91. The zero-order chi connectivity index (χ0) is 11.7. The van der Waals surface area contributed by atoms with Gasteiger partial charge in [0.05, 0.1) is 0 Å². The molecule has 0 amide bonds. The lowest BCUT2D eigenvalue weighted by Gasteiger charge is -2.01. The van der Waals surface area contributed by atoms with Crippen LogP contribution in [0.15, 0.2) is 23.0 Å². The Kier molecular flexibility index (Phi) is 2.66. The highest BCUT2D eigenvalue weighted by Crippen LogP contribution is 2.41. The molecule has 0 bridgehead atoms. The Morgan fingerprint density at radius 3 is 3.12 bits per heavy atom. The Morgan fingerprint density at radius 1 is 1.53 bits per heavy atom. The molecule has 0 spiro atoms. The van der Waals surface area contributed by atoms with E-state index in [1.807, 2.05) is 16.9 Å². The van der Waals surface area contributed by atoms with E-state index < -0.39 is 0 Å². The molecule has 1 atom stereocenters. The zero-order valence-electron chi connectivity index (χ0n) is 9.91. The van der Waals surface area contributed by atoms with Crippen LogP contribution in [0.1, 0.15) is 37.4 Å². The summed E-state index contributed by atoms with van der Waals surface area (Å²) < 4.78 is 7.13. The van der Waals surface area contributed by atoms with Crippen LogP contribution in [0.2, 0.25) is 0 Å². The quantitative estimate of drug-likeness (QED) is 0.791. The molecule has 2 aromatic heterocycles. The molecule has 0 saturated heterocycles. The van der Waals surface area contributed by atoms with Crippen molar-refractivity contribution in [3.63, 3.8) is 0 Å². The van der Waals surface area contributed by atoms with Crippen LogP contribution in [0.5, 0.6) is 0 Å². The Hall–Kier alpha value is -1.65. The summed E-state index contributed by atoms with van der Waals surface area (Å²) in [6, 6.07) is 1.91. The second-order valence-electron chi connectivity index (χ2n) is 4.69. The van der Waals surface area contributed by atoms with Gasteiger partial charge in [-0.3, -0.25) is 4.68 Å². The smallest absolute Gasteiger partial charge is 0.228 e. The summed E-state index contributed by atoms with van der Waals surface area (Å²) in [6.45, 7) is 2.96. The van der Waals surface area contributed by atoms with Gasteiger partial charge in [0.25, 0.3) is 0 Å². The molecule has 5 heteroatoms. The van der Waals surface area contributed by atoms with Crippen molar-refractivity contribution in [3.05, 3.63) is 30.2 Å². The van der Waals surface area contributed by atoms with E-state index in [1.165, 1.54) is 12.8 Å². The maximum absolute atomic E-state index is 5.26. The van der Waals surface area contributed by atoms with E-state index in [4.69, 9.17) is 4.52 Å². The first-order chi connectivity index (χ1) is 8.33. The van der Waals surface area contributed by atoms with Gasteiger partial charge in [0.15, 0.2) is 5.82 Å². The minimum Gasteiger partial charge on any atom is -0.339 e. The second kappa shape index (κ2) is 4.31. The van der Waals surface area contributed by atoms with Crippen molar-refractivity contribution < 1.29 is 4.52 Å². The summed E-state index contributed by atoms with van der Waals surface area (Å²) in [7, 11) is 0. The van der Waals surface area contributed by atoms with Crippen LogP contribution >= 0.6 is 0 Å². The van der Waals surface area contributed by atoms with Gasteiger partial charge in [-0.25, -0.2) is 0 Å². The van der Waals surface area contributed by atoms with E-state index in [-0.39, 0.29) is 0 Å². The van der Waals surface area contributed by atoms with E-state index in [2.05, 4.69) is 22.2 Å². The molecule has 2 aromatic rings. The largest absolute Gasteiger partial charge is 0.339 e. The molecule has 0 aromatic carbocycles. The molecule has 1 fully saturated rings. The predicted octanol–water partition coefficient (Wildman–Crippen LogP) is 2.02. The summed E-state index contributed by atoms with van der Waals surface area (Å²) >= 11 is 0. The number of nitrogens with zero attached hydrogens (tertiary/aromatic N) is 4. The first-order valence-corrected chi connectivity index (χ1v) is 6.13. The highest BCUT2D eigenvalue weighted by Gasteiger charge is 2.31. The highest BCUT2D eigenvalue weighted by atomic mass is 16.5. The lowest BCUT2D eigenvalue weighted by atomic mass is 10.1. The molecular weight excluding hydrogens is 216 g/mol. The number of aryl methyl sites for hydroxylation is 2. The standard InChI is InChI=1S/C12H16N4O/c1-9(10-3-4-10)12-14-11(17-15-12)5-8-16-7-2-6-13-16/h2,6-7,9-10H,3-5,8H2,1H3. The molecule has 1 saturated carbocycles. The van der Waals surface area contributed by atoms with Gasteiger partial charge in [-0.1, -0.05) is 12.1 Å². The van der Waals surface area contributed by atoms with Gasteiger partial charge in [0.2, 0.25) is 5.89 Å². The van der Waals surface area contributed by atoms with Crippen LogP contribution in [0, 0.1) is 5.92 Å². The molecule has 1 aliphatic carbocycles. The van der Waals surface area contributed by atoms with E-state index in [9.17, 15) is 0 Å². The van der Waals surface area contributed by atoms with Crippen LogP contribution in [0.25, 0.3) is 0 Å². The van der Waals surface area contributed by atoms with Crippen molar-refractivity contribution in [3.8, 4) is 0 Å². The molecule has 17 heavy (non-hydrogen) atoms. The topological polar surface area (TPSA) is 56.7 Å². The lowest BCUT2D eigenvalue weighted by molar-refractivity contribution is 0.360. The van der Waals surface area contributed by atoms with Crippen molar-refractivity contribution in [1.29, 1.82) is 0 Å². The molecule has 5 nitrogen and oxygen atoms in total. The Bertz CT molecular complexity index is 472. The fourth-order valence-corrected chi connectivity index (χ4v) is 2.00. The lowest BCUT2D eigenvalue weighted by Crippen LogP contribution is -2.02. The summed E-state index contributed by atoms with van der Waals surface area (Å²) in [4.78, 5) is 4.45. The third-order valence-corrected chi connectivity index (χ3v) is 3.33. The highest BCUT2D eigenvalue weighted by molar-refractivity contribution is 5.00. The van der Waals surface area contributed by atoms with Crippen molar-refractivity contribution >= 4 is 0 Å². The molecule has 1 unspecified atom stereocenters. The Balaban J connectivity index is 1.60. The van der Waals surface area contributed by atoms with E-state index in [1.54, 1.807) is 6.20 Å². The van der Waals surface area contributed by atoms with Crippen LogP contribution in [-0.2, 0) is 13.0 Å². The van der Waals surface area contributed by atoms with Crippen molar-refractivity contribution in [2.24, 2.45) is 5.92 Å². The molecular formula is C12H16N4O. The summed E-state index contributed by atoms with van der Waals surface area (Å²) in [5.74, 6) is 2.79. The predicted molar refractivity (Wildman–Crippen MR) is 61.4 cm³/mol. The van der Waals surface area contributed by atoms with Crippen molar-refractivity contribution in [2.45, 2.75) is 38.6 Å². The number of rotatable bonds is 5. The molecule has 2 heterocycles. The van der Waals surface area contributed by atoms with Crippen LogP contribution < -0.4 is 0 Å². The van der Waals surface area contributed by atoms with Crippen LogP contribution in [0.3, 0.4) is 0 Å².